The first kappa shape index (κ1) is 13.6. The second kappa shape index (κ2) is 5.41. The molecule has 1 atom stereocenters. The number of hydrogen-bond acceptors (Lipinski definition) is 2. The van der Waals surface area contributed by atoms with Crippen LogP contribution in [-0.2, 0) is 21.3 Å². The summed E-state index contributed by atoms with van der Waals surface area (Å²) in [6.07, 6.45) is 1.90. The summed E-state index contributed by atoms with van der Waals surface area (Å²) in [6, 6.07) is 7.27. The highest BCUT2D eigenvalue weighted by Gasteiger charge is 2.45. The lowest BCUT2D eigenvalue weighted by Crippen LogP contribution is -2.17. The van der Waals surface area contributed by atoms with Gasteiger partial charge in [-0.3, -0.25) is 9.00 Å². The largest absolute Gasteiger partial charge is 0.481 e. The van der Waals surface area contributed by atoms with Crippen molar-refractivity contribution >= 4 is 28.4 Å². The fourth-order valence-electron chi connectivity index (χ4n) is 2.03. The van der Waals surface area contributed by atoms with Crippen LogP contribution in [0.25, 0.3) is 0 Å². The second-order valence-electron chi connectivity index (χ2n) is 4.93. The van der Waals surface area contributed by atoms with E-state index in [4.69, 9.17) is 16.7 Å². The fourth-order valence-corrected chi connectivity index (χ4v) is 3.89. The van der Waals surface area contributed by atoms with Crippen molar-refractivity contribution in [1.82, 2.24) is 0 Å². The molecule has 1 unspecified atom stereocenters. The number of rotatable bonds is 6. The van der Waals surface area contributed by atoms with E-state index >= 15 is 0 Å². The molecule has 0 amide bonds. The Morgan fingerprint density at radius 1 is 1.33 bits per heavy atom. The zero-order chi connectivity index (χ0) is 13.2. The third-order valence-corrected chi connectivity index (χ3v) is 5.03. The van der Waals surface area contributed by atoms with Crippen molar-refractivity contribution in [3.63, 3.8) is 0 Å². The molecule has 98 valence electrons. The van der Waals surface area contributed by atoms with E-state index in [1.807, 2.05) is 12.1 Å². The number of benzene rings is 1. The maximum Gasteiger partial charge on any atom is 0.303 e. The predicted octanol–water partition coefficient (Wildman–Crippen LogP) is 2.84. The van der Waals surface area contributed by atoms with Crippen molar-refractivity contribution in [2.75, 3.05) is 5.75 Å². The molecule has 1 aromatic rings. The van der Waals surface area contributed by atoms with Gasteiger partial charge in [-0.1, -0.05) is 23.7 Å². The first-order valence-electron chi connectivity index (χ1n) is 5.80. The molecule has 1 N–H and O–H groups in total. The van der Waals surface area contributed by atoms with Gasteiger partial charge in [0.15, 0.2) is 0 Å². The summed E-state index contributed by atoms with van der Waals surface area (Å²) in [6.45, 7) is 0. The lowest BCUT2D eigenvalue weighted by atomic mass is 10.1. The zero-order valence-corrected chi connectivity index (χ0v) is 11.5. The van der Waals surface area contributed by atoms with E-state index < -0.39 is 16.8 Å². The molecule has 1 fully saturated rings. The molecule has 1 aromatic carbocycles. The summed E-state index contributed by atoms with van der Waals surface area (Å²) < 4.78 is 12.0. The standard InChI is InChI=1S/C13H15ClO3S/c14-11-3-1-10(2-4-11)8-18(17)9-13(5-6-13)7-12(15)16/h1-4H,5-9H2,(H,15,16). The normalized spacial score (nSPS) is 18.3. The van der Waals surface area contributed by atoms with Crippen LogP contribution >= 0.6 is 11.6 Å². The third kappa shape index (κ3) is 3.82. The first-order valence-corrected chi connectivity index (χ1v) is 7.67. The van der Waals surface area contributed by atoms with Gasteiger partial charge in [0.05, 0.1) is 6.42 Å². The number of carboxylic acid groups (broad SMARTS) is 1. The number of carboxylic acids is 1. The average Bonchev–Trinajstić information content (AvgIpc) is 3.00. The number of aliphatic carboxylic acids is 1. The highest BCUT2D eigenvalue weighted by atomic mass is 35.5. The maximum absolute atomic E-state index is 12.0. The van der Waals surface area contributed by atoms with Crippen LogP contribution in [0.1, 0.15) is 24.8 Å². The average molecular weight is 287 g/mol. The van der Waals surface area contributed by atoms with Crippen LogP contribution in [0.5, 0.6) is 0 Å². The molecule has 2 rings (SSSR count). The number of hydrogen-bond donors (Lipinski definition) is 1. The fraction of sp³-hybridized carbons (Fsp3) is 0.462. The molecule has 3 nitrogen and oxygen atoms in total. The van der Waals surface area contributed by atoms with E-state index in [-0.39, 0.29) is 11.8 Å². The van der Waals surface area contributed by atoms with Crippen molar-refractivity contribution in [2.24, 2.45) is 5.41 Å². The van der Waals surface area contributed by atoms with Crippen molar-refractivity contribution in [2.45, 2.75) is 25.0 Å². The molecule has 0 aliphatic heterocycles. The molecule has 0 radical (unpaired) electrons. The molecular weight excluding hydrogens is 272 g/mol. The quantitative estimate of drug-likeness (QED) is 0.875. The minimum absolute atomic E-state index is 0.138. The second-order valence-corrected chi connectivity index (χ2v) is 6.82. The minimum Gasteiger partial charge on any atom is -0.481 e. The summed E-state index contributed by atoms with van der Waals surface area (Å²) in [5.41, 5.74) is 0.771. The van der Waals surface area contributed by atoms with Crippen LogP contribution in [0.2, 0.25) is 5.02 Å². The molecule has 1 saturated carbocycles. The lowest BCUT2D eigenvalue weighted by molar-refractivity contribution is -0.138. The molecule has 0 bridgehead atoms. The van der Waals surface area contributed by atoms with Gasteiger partial charge in [0, 0.05) is 27.3 Å². The molecule has 18 heavy (non-hydrogen) atoms. The predicted molar refractivity (Wildman–Crippen MR) is 72.1 cm³/mol. The summed E-state index contributed by atoms with van der Waals surface area (Å²) in [7, 11) is -1.01. The van der Waals surface area contributed by atoms with Gasteiger partial charge in [0.2, 0.25) is 0 Å². The SMILES string of the molecule is O=C(O)CC1(CS(=O)Cc2ccc(Cl)cc2)CC1. The van der Waals surface area contributed by atoms with Crippen LogP contribution in [0, 0.1) is 5.41 Å². The third-order valence-electron chi connectivity index (χ3n) is 3.19. The van der Waals surface area contributed by atoms with E-state index in [1.165, 1.54) is 0 Å². The summed E-state index contributed by atoms with van der Waals surface area (Å²) in [5, 5.41) is 9.47. The van der Waals surface area contributed by atoms with Gasteiger partial charge in [0.25, 0.3) is 0 Å². The monoisotopic (exact) mass is 286 g/mol. The van der Waals surface area contributed by atoms with Gasteiger partial charge in [-0.2, -0.15) is 0 Å². The van der Waals surface area contributed by atoms with Crippen LogP contribution in [-0.4, -0.2) is 21.0 Å². The Bertz CT molecular complexity index is 466. The molecule has 0 saturated heterocycles. The Morgan fingerprint density at radius 3 is 2.44 bits per heavy atom. The molecule has 1 aliphatic rings. The smallest absolute Gasteiger partial charge is 0.303 e. The molecule has 0 heterocycles. The van der Waals surface area contributed by atoms with Crippen molar-refractivity contribution in [3.8, 4) is 0 Å². The van der Waals surface area contributed by atoms with Gasteiger partial charge in [-0.05, 0) is 36.0 Å². The van der Waals surface area contributed by atoms with E-state index in [1.54, 1.807) is 12.1 Å². The summed E-state index contributed by atoms with van der Waals surface area (Å²) in [5.74, 6) is 0.163. The van der Waals surface area contributed by atoms with Crippen molar-refractivity contribution in [3.05, 3.63) is 34.9 Å². The summed E-state index contributed by atoms with van der Waals surface area (Å²) in [4.78, 5) is 10.7. The van der Waals surface area contributed by atoms with Crippen LogP contribution in [0.15, 0.2) is 24.3 Å². The highest BCUT2D eigenvalue weighted by Crippen LogP contribution is 2.49. The van der Waals surface area contributed by atoms with Gasteiger partial charge in [-0.15, -0.1) is 0 Å². The topological polar surface area (TPSA) is 54.4 Å². The van der Waals surface area contributed by atoms with Gasteiger partial charge in [-0.25, -0.2) is 0 Å². The number of carbonyl (C=O) groups is 1. The highest BCUT2D eigenvalue weighted by molar-refractivity contribution is 7.84. The van der Waals surface area contributed by atoms with Crippen LogP contribution < -0.4 is 0 Å². The van der Waals surface area contributed by atoms with Gasteiger partial charge < -0.3 is 5.11 Å². The molecule has 5 heteroatoms. The Hall–Kier alpha value is -0.870. The Morgan fingerprint density at radius 2 is 1.94 bits per heavy atom. The molecule has 0 spiro atoms. The van der Waals surface area contributed by atoms with E-state index in [9.17, 15) is 9.00 Å². The van der Waals surface area contributed by atoms with E-state index in [0.29, 0.717) is 16.5 Å². The van der Waals surface area contributed by atoms with Crippen molar-refractivity contribution in [1.29, 1.82) is 0 Å². The van der Waals surface area contributed by atoms with Gasteiger partial charge >= 0.3 is 5.97 Å². The Labute approximate surface area is 114 Å². The zero-order valence-electron chi connectivity index (χ0n) is 9.89. The van der Waals surface area contributed by atoms with E-state index in [2.05, 4.69) is 0 Å². The van der Waals surface area contributed by atoms with Crippen LogP contribution in [0.4, 0.5) is 0 Å². The first-order chi connectivity index (χ1) is 8.49. The lowest BCUT2D eigenvalue weighted by Gasteiger charge is -2.11. The molecule has 1 aliphatic carbocycles. The Balaban J connectivity index is 1.89. The van der Waals surface area contributed by atoms with Gasteiger partial charge in [0.1, 0.15) is 0 Å². The Kier molecular flexibility index (Phi) is 4.07. The molecule has 0 aromatic heterocycles. The summed E-state index contributed by atoms with van der Waals surface area (Å²) >= 11 is 5.78. The van der Waals surface area contributed by atoms with E-state index in [0.717, 1.165) is 18.4 Å². The minimum atomic E-state index is -1.01. The molecular formula is C13H15ClO3S. The number of halogens is 1. The van der Waals surface area contributed by atoms with Crippen molar-refractivity contribution < 1.29 is 14.1 Å². The van der Waals surface area contributed by atoms with Crippen LogP contribution in [0.3, 0.4) is 0 Å². The maximum atomic E-state index is 12.0.